The number of amides is 1. The molecule has 0 aliphatic carbocycles. The number of carbonyl (C=O) groups is 1. The molecular weight excluding hydrogens is 439 g/mol. The van der Waals surface area contributed by atoms with Crippen molar-refractivity contribution in [2.75, 3.05) is 26.3 Å². The Balaban J connectivity index is 1.54. The van der Waals surface area contributed by atoms with Gasteiger partial charge in [-0.2, -0.15) is 0 Å². The summed E-state index contributed by atoms with van der Waals surface area (Å²) in [5.74, 6) is -0.834. The molecule has 3 aromatic rings. The maximum Gasteiger partial charge on any atom is 0.261 e. The van der Waals surface area contributed by atoms with Crippen molar-refractivity contribution in [1.29, 1.82) is 0 Å². The number of carbonyl (C=O) groups excluding carboxylic acids is 1. The SMILES string of the molecule is CC(C)(CCn1cnc2cc(-c3ccc(CN4CCOCC4)cc3F)ccc2c1=O)C(=O)NO. The third-order valence-electron chi connectivity index (χ3n) is 6.37. The van der Waals surface area contributed by atoms with Gasteiger partial charge in [-0.15, -0.1) is 0 Å². The summed E-state index contributed by atoms with van der Waals surface area (Å²) >= 11 is 0. The third-order valence-corrected chi connectivity index (χ3v) is 6.37. The number of hydrogen-bond donors (Lipinski definition) is 2. The molecule has 1 fully saturated rings. The number of nitrogens with zero attached hydrogens (tertiary/aromatic N) is 3. The number of benzene rings is 2. The number of hydroxylamine groups is 1. The zero-order chi connectivity index (χ0) is 24.3. The van der Waals surface area contributed by atoms with E-state index in [1.165, 1.54) is 10.9 Å². The van der Waals surface area contributed by atoms with Crippen LogP contribution in [0, 0.1) is 11.2 Å². The first-order valence-electron chi connectivity index (χ1n) is 11.3. The lowest BCUT2D eigenvalue weighted by Gasteiger charge is -2.26. The molecule has 4 rings (SSSR count). The van der Waals surface area contributed by atoms with Gasteiger partial charge in [-0.05, 0) is 35.7 Å². The lowest BCUT2D eigenvalue weighted by molar-refractivity contribution is -0.138. The van der Waals surface area contributed by atoms with Gasteiger partial charge in [0, 0.05) is 37.2 Å². The number of morpholine rings is 1. The Morgan fingerprint density at radius 1 is 1.21 bits per heavy atom. The Bertz CT molecular complexity index is 1250. The topological polar surface area (TPSA) is 96.7 Å². The summed E-state index contributed by atoms with van der Waals surface area (Å²) in [5, 5.41) is 9.29. The smallest absolute Gasteiger partial charge is 0.261 e. The quantitative estimate of drug-likeness (QED) is 0.409. The average molecular weight is 469 g/mol. The molecule has 1 saturated heterocycles. The van der Waals surface area contributed by atoms with Crippen LogP contribution in [0.1, 0.15) is 25.8 Å². The van der Waals surface area contributed by atoms with E-state index in [0.717, 1.165) is 18.7 Å². The molecule has 1 amide bonds. The molecule has 0 saturated carbocycles. The first-order valence-corrected chi connectivity index (χ1v) is 11.3. The highest BCUT2D eigenvalue weighted by atomic mass is 19.1. The van der Waals surface area contributed by atoms with E-state index >= 15 is 0 Å². The van der Waals surface area contributed by atoms with Crippen LogP contribution in [0.5, 0.6) is 0 Å². The maximum absolute atomic E-state index is 15.0. The van der Waals surface area contributed by atoms with E-state index < -0.39 is 11.3 Å². The van der Waals surface area contributed by atoms with E-state index in [2.05, 4.69) is 9.88 Å². The fraction of sp³-hybridized carbons (Fsp3) is 0.400. The van der Waals surface area contributed by atoms with Gasteiger partial charge in [-0.25, -0.2) is 14.9 Å². The molecule has 0 unspecified atom stereocenters. The lowest BCUT2D eigenvalue weighted by Crippen LogP contribution is -2.36. The fourth-order valence-corrected chi connectivity index (χ4v) is 4.06. The standard InChI is InChI=1S/C25H29FN4O4/c1-25(2,24(32)28-33)7-8-30-16-27-22-14-18(4-6-20(22)23(30)31)19-5-3-17(13-21(19)26)15-29-9-11-34-12-10-29/h3-6,13-14,16,33H,7-12,15H2,1-2H3,(H,28,32). The van der Waals surface area contributed by atoms with Gasteiger partial charge in [0.2, 0.25) is 5.91 Å². The zero-order valence-electron chi connectivity index (χ0n) is 19.4. The number of ether oxygens (including phenoxy) is 1. The van der Waals surface area contributed by atoms with Gasteiger partial charge in [-0.3, -0.25) is 24.3 Å². The molecule has 0 bridgehead atoms. The molecule has 0 radical (unpaired) electrons. The summed E-state index contributed by atoms with van der Waals surface area (Å²) in [6, 6.07) is 10.3. The van der Waals surface area contributed by atoms with Gasteiger partial charge < -0.3 is 4.74 Å². The summed E-state index contributed by atoms with van der Waals surface area (Å²) in [6.07, 6.45) is 1.77. The van der Waals surface area contributed by atoms with Crippen LogP contribution >= 0.6 is 0 Å². The molecule has 0 spiro atoms. The van der Waals surface area contributed by atoms with Crippen LogP contribution < -0.4 is 11.0 Å². The summed E-state index contributed by atoms with van der Waals surface area (Å²) in [5.41, 5.74) is 3.05. The number of aromatic nitrogens is 2. The summed E-state index contributed by atoms with van der Waals surface area (Å²) in [7, 11) is 0. The molecule has 2 heterocycles. The molecule has 34 heavy (non-hydrogen) atoms. The van der Waals surface area contributed by atoms with E-state index in [1.807, 2.05) is 6.07 Å². The first-order chi connectivity index (χ1) is 16.3. The monoisotopic (exact) mass is 468 g/mol. The van der Waals surface area contributed by atoms with E-state index in [0.29, 0.717) is 48.2 Å². The van der Waals surface area contributed by atoms with Crippen LogP contribution in [-0.4, -0.2) is 51.9 Å². The molecule has 1 aliphatic heterocycles. The van der Waals surface area contributed by atoms with Crippen molar-refractivity contribution in [3.8, 4) is 11.1 Å². The Morgan fingerprint density at radius 3 is 2.68 bits per heavy atom. The van der Waals surface area contributed by atoms with Crippen molar-refractivity contribution < 1.29 is 19.1 Å². The average Bonchev–Trinajstić information content (AvgIpc) is 2.83. The highest BCUT2D eigenvalue weighted by Crippen LogP contribution is 2.27. The predicted molar refractivity (Wildman–Crippen MR) is 126 cm³/mol. The zero-order valence-corrected chi connectivity index (χ0v) is 19.4. The number of nitrogens with one attached hydrogen (secondary N) is 1. The van der Waals surface area contributed by atoms with Crippen molar-refractivity contribution in [2.24, 2.45) is 5.41 Å². The van der Waals surface area contributed by atoms with Crippen LogP contribution in [0.15, 0.2) is 47.5 Å². The molecule has 2 aromatic carbocycles. The van der Waals surface area contributed by atoms with Crippen LogP contribution in [0.3, 0.4) is 0 Å². The van der Waals surface area contributed by atoms with Gasteiger partial charge in [-0.1, -0.05) is 32.0 Å². The molecular formula is C25H29FN4O4. The van der Waals surface area contributed by atoms with Gasteiger partial charge in [0.1, 0.15) is 5.82 Å². The molecule has 0 atom stereocenters. The van der Waals surface area contributed by atoms with Crippen molar-refractivity contribution in [3.63, 3.8) is 0 Å². The number of aryl methyl sites for hydroxylation is 1. The van der Waals surface area contributed by atoms with Crippen molar-refractivity contribution >= 4 is 16.8 Å². The van der Waals surface area contributed by atoms with Crippen LogP contribution in [-0.2, 0) is 22.6 Å². The Morgan fingerprint density at radius 2 is 1.97 bits per heavy atom. The summed E-state index contributed by atoms with van der Waals surface area (Å²) in [4.78, 5) is 31.3. The van der Waals surface area contributed by atoms with E-state index in [1.54, 1.807) is 49.7 Å². The van der Waals surface area contributed by atoms with Crippen LogP contribution in [0.25, 0.3) is 22.0 Å². The van der Waals surface area contributed by atoms with Gasteiger partial charge in [0.15, 0.2) is 0 Å². The van der Waals surface area contributed by atoms with Crippen LogP contribution in [0.4, 0.5) is 4.39 Å². The molecule has 2 N–H and O–H groups in total. The van der Waals surface area contributed by atoms with Gasteiger partial charge >= 0.3 is 0 Å². The summed E-state index contributed by atoms with van der Waals surface area (Å²) < 4.78 is 21.8. The van der Waals surface area contributed by atoms with Gasteiger partial charge in [0.05, 0.1) is 30.4 Å². The lowest BCUT2D eigenvalue weighted by atomic mass is 9.88. The second-order valence-corrected chi connectivity index (χ2v) is 9.25. The maximum atomic E-state index is 15.0. The molecule has 8 nitrogen and oxygen atoms in total. The first kappa shape index (κ1) is 24.0. The van der Waals surface area contributed by atoms with E-state index in [4.69, 9.17) is 9.94 Å². The van der Waals surface area contributed by atoms with Crippen molar-refractivity contribution in [2.45, 2.75) is 33.4 Å². The minimum Gasteiger partial charge on any atom is -0.379 e. The molecule has 9 heteroatoms. The Kier molecular flexibility index (Phi) is 7.06. The highest BCUT2D eigenvalue weighted by Gasteiger charge is 2.27. The number of halogens is 1. The van der Waals surface area contributed by atoms with Gasteiger partial charge in [0.25, 0.3) is 5.56 Å². The van der Waals surface area contributed by atoms with E-state index in [-0.39, 0.29) is 17.9 Å². The fourth-order valence-electron chi connectivity index (χ4n) is 4.06. The number of rotatable bonds is 7. The van der Waals surface area contributed by atoms with E-state index in [9.17, 15) is 14.0 Å². The second kappa shape index (κ2) is 10.0. The summed E-state index contributed by atoms with van der Waals surface area (Å²) in [6.45, 7) is 7.38. The minimum absolute atomic E-state index is 0.238. The second-order valence-electron chi connectivity index (χ2n) is 9.25. The molecule has 180 valence electrons. The highest BCUT2D eigenvalue weighted by molar-refractivity contribution is 5.83. The molecule has 1 aromatic heterocycles. The Hall–Kier alpha value is -3.14. The normalized spacial score (nSPS) is 14.9. The largest absolute Gasteiger partial charge is 0.379 e. The molecule has 1 aliphatic rings. The number of hydrogen-bond acceptors (Lipinski definition) is 6. The van der Waals surface area contributed by atoms with Crippen molar-refractivity contribution in [1.82, 2.24) is 19.9 Å². The number of fused-ring (bicyclic) bond motifs is 1. The van der Waals surface area contributed by atoms with Crippen LogP contribution in [0.2, 0.25) is 0 Å². The minimum atomic E-state index is -0.849. The van der Waals surface area contributed by atoms with Crippen molar-refractivity contribution in [3.05, 3.63) is 64.5 Å². The third kappa shape index (κ3) is 5.16. The predicted octanol–water partition coefficient (Wildman–Crippen LogP) is 2.96. The Labute approximate surface area is 196 Å².